The lowest BCUT2D eigenvalue weighted by Gasteiger charge is -2.30. The smallest absolute Gasteiger partial charge is 0.270 e. The van der Waals surface area contributed by atoms with Crippen LogP contribution >= 0.6 is 0 Å². The van der Waals surface area contributed by atoms with E-state index in [1.165, 1.54) is 0 Å². The Kier molecular flexibility index (Phi) is 3.05. The first kappa shape index (κ1) is 12.3. The predicted octanol–water partition coefficient (Wildman–Crippen LogP) is 3.05. The Balaban J connectivity index is 1.91. The lowest BCUT2D eigenvalue weighted by Crippen LogP contribution is -2.38. The van der Waals surface area contributed by atoms with Gasteiger partial charge in [0.2, 0.25) is 0 Å². The molecule has 0 saturated carbocycles. The summed E-state index contributed by atoms with van der Waals surface area (Å²) in [6, 6.07) is 10.2. The van der Waals surface area contributed by atoms with Crippen LogP contribution in [0.15, 0.2) is 30.3 Å². The maximum atomic E-state index is 12.6. The van der Waals surface area contributed by atoms with Crippen LogP contribution in [0.1, 0.15) is 30.3 Å². The number of nitrogens with zero attached hydrogens (tertiary/aromatic N) is 2. The second-order valence-electron chi connectivity index (χ2n) is 5.62. The minimum absolute atomic E-state index is 0.172. The Morgan fingerprint density at radius 1 is 1.21 bits per heavy atom. The molecule has 0 radical (unpaired) electrons. The van der Waals surface area contributed by atoms with E-state index in [2.05, 4.69) is 19.1 Å². The largest absolute Gasteiger partial charge is 0.340 e. The summed E-state index contributed by atoms with van der Waals surface area (Å²) >= 11 is 0. The molecule has 1 aromatic heterocycles. The second kappa shape index (κ2) is 4.72. The number of para-hydroxylation sites is 1. The van der Waals surface area contributed by atoms with Crippen LogP contribution in [0.3, 0.4) is 0 Å². The van der Waals surface area contributed by atoms with Crippen LogP contribution in [0, 0.1) is 5.92 Å². The summed E-state index contributed by atoms with van der Waals surface area (Å²) in [6.07, 6.45) is 2.24. The number of carbonyl (C=O) groups is 1. The number of rotatable bonds is 1. The van der Waals surface area contributed by atoms with Crippen molar-refractivity contribution in [1.29, 1.82) is 0 Å². The van der Waals surface area contributed by atoms with Gasteiger partial charge in [0, 0.05) is 31.0 Å². The number of amides is 1. The summed E-state index contributed by atoms with van der Waals surface area (Å²) in [5.74, 6) is 0.919. The number of piperidine rings is 1. The third kappa shape index (κ3) is 2.14. The molecular weight excluding hydrogens is 236 g/mol. The minimum Gasteiger partial charge on any atom is -0.340 e. The van der Waals surface area contributed by atoms with Crippen molar-refractivity contribution in [2.75, 3.05) is 13.1 Å². The van der Waals surface area contributed by atoms with Crippen molar-refractivity contribution in [2.45, 2.75) is 19.8 Å². The molecule has 0 aliphatic carbocycles. The third-order valence-corrected chi connectivity index (χ3v) is 4.24. The van der Waals surface area contributed by atoms with E-state index in [9.17, 15) is 4.79 Å². The van der Waals surface area contributed by atoms with Crippen molar-refractivity contribution >= 4 is 16.8 Å². The number of carbonyl (C=O) groups excluding carboxylic acids is 1. The molecule has 0 spiro atoms. The van der Waals surface area contributed by atoms with Crippen molar-refractivity contribution in [3.8, 4) is 0 Å². The standard InChI is InChI=1S/C16H20N2O/c1-12-7-9-18(10-8-12)16(19)15-11-13-5-3-4-6-14(13)17(15)2/h3-6,11-12H,7-10H2,1-2H3. The Morgan fingerprint density at radius 2 is 1.89 bits per heavy atom. The van der Waals surface area contributed by atoms with Crippen LogP contribution in [0.25, 0.3) is 10.9 Å². The monoisotopic (exact) mass is 256 g/mol. The van der Waals surface area contributed by atoms with Gasteiger partial charge in [0.25, 0.3) is 5.91 Å². The lowest BCUT2D eigenvalue weighted by atomic mass is 9.99. The number of hydrogen-bond donors (Lipinski definition) is 0. The normalized spacial score (nSPS) is 17.1. The summed E-state index contributed by atoms with van der Waals surface area (Å²) < 4.78 is 2.01. The number of benzene rings is 1. The van der Waals surface area contributed by atoms with E-state index >= 15 is 0 Å². The summed E-state index contributed by atoms with van der Waals surface area (Å²) in [5.41, 5.74) is 1.92. The quantitative estimate of drug-likeness (QED) is 0.770. The number of hydrogen-bond acceptors (Lipinski definition) is 1. The number of aromatic nitrogens is 1. The average Bonchev–Trinajstić information content (AvgIpc) is 2.77. The maximum Gasteiger partial charge on any atom is 0.270 e. The highest BCUT2D eigenvalue weighted by atomic mass is 16.2. The van der Waals surface area contributed by atoms with Gasteiger partial charge < -0.3 is 9.47 Å². The molecule has 0 atom stereocenters. The fourth-order valence-electron chi connectivity index (χ4n) is 2.87. The van der Waals surface area contributed by atoms with E-state index in [1.54, 1.807) is 0 Å². The van der Waals surface area contributed by atoms with Crippen LogP contribution in [-0.2, 0) is 7.05 Å². The molecule has 1 fully saturated rings. The molecule has 1 aliphatic heterocycles. The van der Waals surface area contributed by atoms with Crippen LogP contribution in [-0.4, -0.2) is 28.5 Å². The number of aryl methyl sites for hydroxylation is 1. The topological polar surface area (TPSA) is 25.2 Å². The lowest BCUT2D eigenvalue weighted by molar-refractivity contribution is 0.0688. The molecule has 1 aliphatic rings. The molecular formula is C16H20N2O. The van der Waals surface area contributed by atoms with Crippen molar-refractivity contribution in [2.24, 2.45) is 13.0 Å². The molecule has 19 heavy (non-hydrogen) atoms. The van der Waals surface area contributed by atoms with Gasteiger partial charge in [-0.05, 0) is 30.9 Å². The fraction of sp³-hybridized carbons (Fsp3) is 0.438. The van der Waals surface area contributed by atoms with Crippen LogP contribution in [0.4, 0.5) is 0 Å². The molecule has 1 saturated heterocycles. The van der Waals surface area contributed by atoms with Crippen LogP contribution in [0.5, 0.6) is 0 Å². The van der Waals surface area contributed by atoms with Crippen LogP contribution < -0.4 is 0 Å². The average molecular weight is 256 g/mol. The first-order valence-corrected chi connectivity index (χ1v) is 7.00. The number of likely N-dealkylation sites (tertiary alicyclic amines) is 1. The highest BCUT2D eigenvalue weighted by Gasteiger charge is 2.23. The highest BCUT2D eigenvalue weighted by molar-refractivity contribution is 5.98. The molecule has 3 heteroatoms. The Hall–Kier alpha value is -1.77. The predicted molar refractivity (Wildman–Crippen MR) is 77.2 cm³/mol. The zero-order valence-corrected chi connectivity index (χ0v) is 11.6. The van der Waals surface area contributed by atoms with Gasteiger partial charge in [-0.2, -0.15) is 0 Å². The molecule has 2 heterocycles. The minimum atomic E-state index is 0.172. The molecule has 3 rings (SSSR count). The Bertz CT molecular complexity index is 606. The Labute approximate surface area is 113 Å². The highest BCUT2D eigenvalue weighted by Crippen LogP contribution is 2.22. The van der Waals surface area contributed by atoms with E-state index < -0.39 is 0 Å². The van der Waals surface area contributed by atoms with Gasteiger partial charge in [-0.1, -0.05) is 25.1 Å². The van der Waals surface area contributed by atoms with Gasteiger partial charge in [0.15, 0.2) is 0 Å². The van der Waals surface area contributed by atoms with E-state index in [0.29, 0.717) is 0 Å². The SMILES string of the molecule is CC1CCN(C(=O)c2cc3ccccc3n2C)CC1. The van der Waals surface area contributed by atoms with E-state index in [0.717, 1.165) is 48.4 Å². The van der Waals surface area contributed by atoms with Crippen molar-refractivity contribution in [3.05, 3.63) is 36.0 Å². The fourth-order valence-corrected chi connectivity index (χ4v) is 2.87. The molecule has 1 aromatic carbocycles. The molecule has 0 unspecified atom stereocenters. The van der Waals surface area contributed by atoms with Gasteiger partial charge in [-0.3, -0.25) is 4.79 Å². The molecule has 100 valence electrons. The zero-order chi connectivity index (χ0) is 13.4. The van der Waals surface area contributed by atoms with E-state index in [-0.39, 0.29) is 5.91 Å². The summed E-state index contributed by atoms with van der Waals surface area (Å²) in [6.45, 7) is 4.04. The zero-order valence-electron chi connectivity index (χ0n) is 11.6. The number of fused-ring (bicyclic) bond motifs is 1. The molecule has 2 aromatic rings. The van der Waals surface area contributed by atoms with Gasteiger partial charge >= 0.3 is 0 Å². The van der Waals surface area contributed by atoms with Gasteiger partial charge in [0.1, 0.15) is 5.69 Å². The van der Waals surface area contributed by atoms with Crippen molar-refractivity contribution in [3.63, 3.8) is 0 Å². The Morgan fingerprint density at radius 3 is 2.58 bits per heavy atom. The van der Waals surface area contributed by atoms with Crippen molar-refractivity contribution in [1.82, 2.24) is 9.47 Å². The summed E-state index contributed by atoms with van der Waals surface area (Å²) in [7, 11) is 1.97. The van der Waals surface area contributed by atoms with Gasteiger partial charge in [-0.25, -0.2) is 0 Å². The van der Waals surface area contributed by atoms with Gasteiger partial charge in [-0.15, -0.1) is 0 Å². The van der Waals surface area contributed by atoms with Crippen LogP contribution in [0.2, 0.25) is 0 Å². The molecule has 0 N–H and O–H groups in total. The maximum absolute atomic E-state index is 12.6. The first-order valence-electron chi connectivity index (χ1n) is 7.00. The third-order valence-electron chi connectivity index (χ3n) is 4.24. The summed E-state index contributed by atoms with van der Waals surface area (Å²) in [4.78, 5) is 14.6. The summed E-state index contributed by atoms with van der Waals surface area (Å²) in [5, 5.41) is 1.14. The first-order chi connectivity index (χ1) is 9.16. The van der Waals surface area contributed by atoms with E-state index in [1.807, 2.05) is 34.7 Å². The molecule has 3 nitrogen and oxygen atoms in total. The second-order valence-corrected chi connectivity index (χ2v) is 5.62. The molecule has 1 amide bonds. The molecule has 0 bridgehead atoms. The van der Waals surface area contributed by atoms with E-state index in [4.69, 9.17) is 0 Å². The van der Waals surface area contributed by atoms with Crippen molar-refractivity contribution < 1.29 is 4.79 Å². The van der Waals surface area contributed by atoms with Gasteiger partial charge in [0.05, 0.1) is 0 Å².